The Morgan fingerprint density at radius 1 is 1.17 bits per heavy atom. The number of ether oxygens (including phenoxy) is 1. The van der Waals surface area contributed by atoms with Crippen LogP contribution >= 0.6 is 31.9 Å². The molecule has 0 unspecified atom stereocenters. The van der Waals surface area contributed by atoms with E-state index >= 15 is 0 Å². The molecular formula is C14H13Br2NO. The maximum atomic E-state index is 5.93. The number of halogens is 2. The zero-order chi connectivity index (χ0) is 13.1. The summed E-state index contributed by atoms with van der Waals surface area (Å²) in [4.78, 5) is 0. The molecule has 0 aliphatic carbocycles. The zero-order valence-electron chi connectivity index (χ0n) is 9.91. The minimum Gasteiger partial charge on any atom is -0.489 e. The fraction of sp³-hybridized carbons (Fsp3) is 0.143. The van der Waals surface area contributed by atoms with E-state index in [1.807, 2.05) is 43.3 Å². The minimum atomic E-state index is 0.454. The van der Waals surface area contributed by atoms with Crippen molar-refractivity contribution in [1.82, 2.24) is 0 Å². The highest BCUT2D eigenvalue weighted by Gasteiger charge is 2.06. The van der Waals surface area contributed by atoms with Crippen LogP contribution in [0.2, 0.25) is 0 Å². The topological polar surface area (TPSA) is 35.2 Å². The van der Waals surface area contributed by atoms with Crippen LogP contribution in [-0.4, -0.2) is 0 Å². The van der Waals surface area contributed by atoms with Gasteiger partial charge in [-0.25, -0.2) is 0 Å². The average molecular weight is 371 g/mol. The molecule has 0 radical (unpaired) electrons. The molecule has 0 saturated heterocycles. The molecule has 2 rings (SSSR count). The Morgan fingerprint density at radius 3 is 2.61 bits per heavy atom. The van der Waals surface area contributed by atoms with Crippen molar-refractivity contribution in [3.63, 3.8) is 0 Å². The highest BCUT2D eigenvalue weighted by molar-refractivity contribution is 9.10. The van der Waals surface area contributed by atoms with Gasteiger partial charge in [0.2, 0.25) is 0 Å². The van der Waals surface area contributed by atoms with Crippen molar-refractivity contribution < 1.29 is 4.74 Å². The molecule has 0 spiro atoms. The van der Waals surface area contributed by atoms with E-state index in [0.29, 0.717) is 6.61 Å². The lowest BCUT2D eigenvalue weighted by atomic mass is 10.2. The Labute approximate surface area is 123 Å². The number of anilines is 1. The van der Waals surface area contributed by atoms with Gasteiger partial charge in [-0.05, 0) is 42.8 Å². The standard InChI is InChI=1S/C14H13Br2NO/c1-9-7-10(15)5-6-14(9)18-8-11-12(16)3-2-4-13(11)17/h2-7H,8,17H2,1H3. The highest BCUT2D eigenvalue weighted by Crippen LogP contribution is 2.27. The summed E-state index contributed by atoms with van der Waals surface area (Å²) in [6.07, 6.45) is 0. The van der Waals surface area contributed by atoms with Gasteiger partial charge in [-0.15, -0.1) is 0 Å². The Morgan fingerprint density at radius 2 is 1.94 bits per heavy atom. The molecule has 0 amide bonds. The van der Waals surface area contributed by atoms with E-state index in [1.165, 1.54) is 0 Å². The highest BCUT2D eigenvalue weighted by atomic mass is 79.9. The lowest BCUT2D eigenvalue weighted by molar-refractivity contribution is 0.304. The van der Waals surface area contributed by atoms with Crippen molar-refractivity contribution in [3.8, 4) is 5.75 Å². The maximum absolute atomic E-state index is 5.93. The molecule has 2 aromatic rings. The van der Waals surface area contributed by atoms with Crippen LogP contribution in [0, 0.1) is 6.92 Å². The first kappa shape index (κ1) is 13.4. The van der Waals surface area contributed by atoms with E-state index < -0.39 is 0 Å². The molecule has 4 heteroatoms. The van der Waals surface area contributed by atoms with Gasteiger partial charge in [-0.1, -0.05) is 37.9 Å². The normalized spacial score (nSPS) is 10.4. The van der Waals surface area contributed by atoms with Crippen LogP contribution in [0.1, 0.15) is 11.1 Å². The lowest BCUT2D eigenvalue weighted by Crippen LogP contribution is -2.02. The molecule has 0 saturated carbocycles. The molecule has 0 heterocycles. The predicted octanol–water partition coefficient (Wildman–Crippen LogP) is 4.68. The van der Waals surface area contributed by atoms with Gasteiger partial charge in [-0.3, -0.25) is 0 Å². The van der Waals surface area contributed by atoms with Crippen LogP contribution in [0.3, 0.4) is 0 Å². The number of rotatable bonds is 3. The van der Waals surface area contributed by atoms with Crippen LogP contribution in [0.25, 0.3) is 0 Å². The number of nitrogens with two attached hydrogens (primary N) is 1. The molecule has 0 atom stereocenters. The first-order valence-corrected chi connectivity index (χ1v) is 7.08. The predicted molar refractivity (Wildman–Crippen MR) is 81.8 cm³/mol. The smallest absolute Gasteiger partial charge is 0.122 e. The Kier molecular flexibility index (Phi) is 4.30. The summed E-state index contributed by atoms with van der Waals surface area (Å²) >= 11 is 6.92. The van der Waals surface area contributed by atoms with Gasteiger partial charge in [0, 0.05) is 20.2 Å². The van der Waals surface area contributed by atoms with Crippen molar-refractivity contribution in [3.05, 3.63) is 56.5 Å². The van der Waals surface area contributed by atoms with Crippen molar-refractivity contribution in [2.75, 3.05) is 5.73 Å². The fourth-order valence-corrected chi connectivity index (χ4v) is 2.62. The minimum absolute atomic E-state index is 0.454. The molecule has 0 aromatic heterocycles. The van der Waals surface area contributed by atoms with E-state index in [2.05, 4.69) is 31.9 Å². The van der Waals surface area contributed by atoms with E-state index in [0.717, 1.165) is 31.5 Å². The largest absolute Gasteiger partial charge is 0.489 e. The molecule has 94 valence electrons. The maximum Gasteiger partial charge on any atom is 0.122 e. The van der Waals surface area contributed by atoms with Crippen molar-refractivity contribution in [2.45, 2.75) is 13.5 Å². The number of nitrogen functional groups attached to an aromatic ring is 1. The number of hydrogen-bond acceptors (Lipinski definition) is 2. The quantitative estimate of drug-likeness (QED) is 0.796. The Balaban J connectivity index is 2.16. The van der Waals surface area contributed by atoms with E-state index in [4.69, 9.17) is 10.5 Å². The van der Waals surface area contributed by atoms with Crippen LogP contribution in [0.15, 0.2) is 45.3 Å². The van der Waals surface area contributed by atoms with Gasteiger partial charge in [0.25, 0.3) is 0 Å². The zero-order valence-corrected chi connectivity index (χ0v) is 13.1. The summed E-state index contributed by atoms with van der Waals surface area (Å²) in [7, 11) is 0. The third-order valence-electron chi connectivity index (χ3n) is 2.66. The van der Waals surface area contributed by atoms with Gasteiger partial charge in [-0.2, -0.15) is 0 Å². The second-order valence-electron chi connectivity index (χ2n) is 4.01. The summed E-state index contributed by atoms with van der Waals surface area (Å²) < 4.78 is 7.83. The SMILES string of the molecule is Cc1cc(Br)ccc1OCc1c(N)cccc1Br. The molecule has 0 bridgehead atoms. The van der Waals surface area contributed by atoms with Crippen molar-refractivity contribution in [2.24, 2.45) is 0 Å². The second kappa shape index (κ2) is 5.76. The molecular weight excluding hydrogens is 358 g/mol. The first-order chi connectivity index (χ1) is 8.58. The van der Waals surface area contributed by atoms with Crippen molar-refractivity contribution in [1.29, 1.82) is 0 Å². The molecule has 0 fully saturated rings. The van der Waals surface area contributed by atoms with Gasteiger partial charge >= 0.3 is 0 Å². The number of hydrogen-bond donors (Lipinski definition) is 1. The summed E-state index contributed by atoms with van der Waals surface area (Å²) in [5.74, 6) is 0.869. The van der Waals surface area contributed by atoms with Gasteiger partial charge in [0.15, 0.2) is 0 Å². The summed E-state index contributed by atoms with van der Waals surface area (Å²) in [6.45, 7) is 2.47. The molecule has 2 nitrogen and oxygen atoms in total. The lowest BCUT2D eigenvalue weighted by Gasteiger charge is -2.12. The van der Waals surface area contributed by atoms with E-state index in [1.54, 1.807) is 0 Å². The fourth-order valence-electron chi connectivity index (χ4n) is 1.65. The second-order valence-corrected chi connectivity index (χ2v) is 5.78. The van der Waals surface area contributed by atoms with Crippen LogP contribution < -0.4 is 10.5 Å². The molecule has 18 heavy (non-hydrogen) atoms. The third kappa shape index (κ3) is 3.06. The molecule has 2 N–H and O–H groups in total. The van der Waals surface area contributed by atoms with E-state index in [9.17, 15) is 0 Å². The van der Waals surface area contributed by atoms with Crippen LogP contribution in [-0.2, 0) is 6.61 Å². The third-order valence-corrected chi connectivity index (χ3v) is 3.90. The van der Waals surface area contributed by atoms with Gasteiger partial charge in [0.05, 0.1) is 0 Å². The monoisotopic (exact) mass is 369 g/mol. The number of aryl methyl sites for hydroxylation is 1. The van der Waals surface area contributed by atoms with Crippen LogP contribution in [0.4, 0.5) is 5.69 Å². The van der Waals surface area contributed by atoms with E-state index in [-0.39, 0.29) is 0 Å². The summed E-state index contributed by atoms with van der Waals surface area (Å²) in [5, 5.41) is 0. The average Bonchev–Trinajstić information content (AvgIpc) is 2.31. The Hall–Kier alpha value is -1.000. The molecule has 0 aliphatic rings. The Bertz CT molecular complexity index is 549. The van der Waals surface area contributed by atoms with Crippen LogP contribution in [0.5, 0.6) is 5.75 Å². The molecule has 0 aliphatic heterocycles. The molecule has 2 aromatic carbocycles. The first-order valence-electron chi connectivity index (χ1n) is 5.50. The summed E-state index contributed by atoms with van der Waals surface area (Å²) in [6, 6.07) is 11.7. The van der Waals surface area contributed by atoms with Gasteiger partial charge < -0.3 is 10.5 Å². The van der Waals surface area contributed by atoms with Crippen molar-refractivity contribution >= 4 is 37.5 Å². The number of benzene rings is 2. The summed E-state index contributed by atoms with van der Waals surface area (Å²) in [5.41, 5.74) is 8.73. The van der Waals surface area contributed by atoms with Gasteiger partial charge in [0.1, 0.15) is 12.4 Å².